The van der Waals surface area contributed by atoms with E-state index in [4.69, 9.17) is 0 Å². The van der Waals surface area contributed by atoms with Gasteiger partial charge < -0.3 is 19.9 Å². The van der Waals surface area contributed by atoms with Crippen LogP contribution in [0.4, 0.5) is 8.78 Å². The summed E-state index contributed by atoms with van der Waals surface area (Å²) in [4.78, 5) is 28.8. The van der Waals surface area contributed by atoms with Crippen LogP contribution in [0.25, 0.3) is 0 Å². The molecule has 4 heterocycles. The van der Waals surface area contributed by atoms with Crippen LogP contribution in [0.3, 0.4) is 0 Å². The number of allylic oxidation sites excluding steroid dienone is 4. The third-order valence-electron chi connectivity index (χ3n) is 6.20. The van der Waals surface area contributed by atoms with Gasteiger partial charge in [0.2, 0.25) is 0 Å². The van der Waals surface area contributed by atoms with E-state index in [0.29, 0.717) is 30.4 Å². The Bertz CT molecular complexity index is 1030. The number of nitrogens with one attached hydrogen (secondary N) is 1. The van der Waals surface area contributed by atoms with E-state index in [1.165, 1.54) is 6.20 Å². The van der Waals surface area contributed by atoms with Crippen molar-refractivity contribution in [2.45, 2.75) is 26.1 Å². The van der Waals surface area contributed by atoms with E-state index in [9.17, 15) is 18.4 Å². The van der Waals surface area contributed by atoms with Crippen LogP contribution in [0.2, 0.25) is 0 Å². The van der Waals surface area contributed by atoms with Crippen LogP contribution in [0.5, 0.6) is 0 Å². The van der Waals surface area contributed by atoms with E-state index < -0.39 is 18.6 Å². The second kappa shape index (κ2) is 7.30. The first-order valence-corrected chi connectivity index (χ1v) is 10.3. The van der Waals surface area contributed by atoms with Crippen molar-refractivity contribution in [3.63, 3.8) is 0 Å². The van der Waals surface area contributed by atoms with E-state index in [-0.39, 0.29) is 37.1 Å². The van der Waals surface area contributed by atoms with Gasteiger partial charge in [-0.1, -0.05) is 19.1 Å². The molecule has 164 valence electrons. The lowest BCUT2D eigenvalue weighted by molar-refractivity contribution is -0.263. The van der Waals surface area contributed by atoms with Crippen molar-refractivity contribution < 1.29 is 23.1 Å². The minimum absolute atomic E-state index is 0.0845. The first-order valence-electron chi connectivity index (χ1n) is 10.3. The fourth-order valence-electron chi connectivity index (χ4n) is 4.48. The molecule has 1 fully saturated rings. The molecule has 2 atom stereocenters. The lowest BCUT2D eigenvalue weighted by atomic mass is 9.88. The number of hydrogen-bond donors (Lipinski definition) is 1. The number of aromatic nitrogens is 2. The number of nitrogens with zero attached hydrogens (tertiary/aromatic N) is 4. The summed E-state index contributed by atoms with van der Waals surface area (Å²) in [6.45, 7) is 2.25. The maximum absolute atomic E-state index is 13.6. The molecule has 8 nitrogen and oxygen atoms in total. The number of carbonyl (C=O) groups excluding carboxylic acids is 2. The number of alkyl halides is 2. The molecule has 1 N–H and O–H groups in total. The van der Waals surface area contributed by atoms with Crippen molar-refractivity contribution >= 4 is 11.8 Å². The molecule has 0 spiro atoms. The monoisotopic (exact) mass is 431 g/mol. The minimum Gasteiger partial charge on any atom is -0.354 e. The van der Waals surface area contributed by atoms with Gasteiger partial charge in [0.1, 0.15) is 12.2 Å². The number of morpholine rings is 1. The summed E-state index contributed by atoms with van der Waals surface area (Å²) >= 11 is 0. The molecule has 2 amide bonds. The fourth-order valence-corrected chi connectivity index (χ4v) is 4.48. The predicted molar refractivity (Wildman–Crippen MR) is 106 cm³/mol. The van der Waals surface area contributed by atoms with Crippen LogP contribution in [0.1, 0.15) is 23.0 Å². The highest BCUT2D eigenvalue weighted by Gasteiger charge is 2.40. The van der Waals surface area contributed by atoms with E-state index in [1.807, 2.05) is 18.2 Å². The van der Waals surface area contributed by atoms with E-state index in [0.717, 1.165) is 10.6 Å². The van der Waals surface area contributed by atoms with Gasteiger partial charge >= 0.3 is 6.11 Å². The summed E-state index contributed by atoms with van der Waals surface area (Å²) in [7, 11) is 0. The number of amides is 2. The molecule has 1 aromatic rings. The van der Waals surface area contributed by atoms with E-state index in [1.54, 1.807) is 9.58 Å². The third-order valence-corrected chi connectivity index (χ3v) is 6.20. The molecule has 4 aliphatic rings. The molecular formula is C21H23F2N5O3. The molecule has 2 unspecified atom stereocenters. The third kappa shape index (κ3) is 3.54. The van der Waals surface area contributed by atoms with Crippen LogP contribution in [-0.4, -0.2) is 63.7 Å². The summed E-state index contributed by atoms with van der Waals surface area (Å²) in [6.07, 6.45) is 6.06. The lowest BCUT2D eigenvalue weighted by Crippen LogP contribution is -2.49. The molecular weight excluding hydrogens is 408 g/mol. The Morgan fingerprint density at radius 2 is 2.06 bits per heavy atom. The number of hydrogen-bond acceptors (Lipinski definition) is 5. The predicted octanol–water partition coefficient (Wildman–Crippen LogP) is 1.48. The maximum atomic E-state index is 13.6. The Labute approximate surface area is 177 Å². The zero-order valence-electron chi connectivity index (χ0n) is 17.1. The van der Waals surface area contributed by atoms with Crippen LogP contribution in [-0.2, 0) is 22.6 Å². The standard InChI is InChI=1S/C21H23F2N5O3/c1-13-3-2-4-16-14(13)9-17(25-16)20(30)26-5-6-28-18(11-26)15(10-24-28)19(29)27-7-8-31-21(22,23)12-27/h2-4,9-10,13-14,25H,5-8,11-12H2,1H3. The van der Waals surface area contributed by atoms with Gasteiger partial charge in [0.15, 0.2) is 0 Å². The number of fused-ring (bicyclic) bond motifs is 2. The van der Waals surface area contributed by atoms with Crippen LogP contribution in [0.15, 0.2) is 41.9 Å². The molecule has 31 heavy (non-hydrogen) atoms. The molecule has 10 heteroatoms. The van der Waals surface area contributed by atoms with Gasteiger partial charge in [-0.15, -0.1) is 0 Å². The normalized spacial score (nSPS) is 26.5. The van der Waals surface area contributed by atoms with E-state index >= 15 is 0 Å². The van der Waals surface area contributed by atoms with Crippen molar-refractivity contribution in [1.82, 2.24) is 24.9 Å². The molecule has 1 saturated heterocycles. The van der Waals surface area contributed by atoms with Gasteiger partial charge in [-0.05, 0) is 18.1 Å². The van der Waals surface area contributed by atoms with Gasteiger partial charge in [0, 0.05) is 24.7 Å². The van der Waals surface area contributed by atoms with Gasteiger partial charge in [-0.3, -0.25) is 14.3 Å². The van der Waals surface area contributed by atoms with Gasteiger partial charge in [-0.25, -0.2) is 0 Å². The second-order valence-corrected chi connectivity index (χ2v) is 8.26. The summed E-state index contributed by atoms with van der Waals surface area (Å²) < 4.78 is 33.2. The van der Waals surface area contributed by atoms with E-state index in [2.05, 4.69) is 28.2 Å². The molecule has 0 aromatic carbocycles. The van der Waals surface area contributed by atoms with Crippen LogP contribution < -0.4 is 5.32 Å². The number of ether oxygens (including phenoxy) is 1. The highest BCUT2D eigenvalue weighted by molar-refractivity contribution is 5.96. The molecule has 0 radical (unpaired) electrons. The molecule has 5 rings (SSSR count). The summed E-state index contributed by atoms with van der Waals surface area (Å²) in [5, 5.41) is 7.46. The van der Waals surface area contributed by atoms with Gasteiger partial charge in [0.05, 0.1) is 37.2 Å². The van der Waals surface area contributed by atoms with Crippen molar-refractivity contribution in [3.8, 4) is 0 Å². The lowest BCUT2D eigenvalue weighted by Gasteiger charge is -2.33. The number of carbonyl (C=O) groups is 2. The Kier molecular flexibility index (Phi) is 4.69. The maximum Gasteiger partial charge on any atom is 0.373 e. The summed E-state index contributed by atoms with van der Waals surface area (Å²) in [5.74, 6) is -0.213. The number of halogens is 2. The highest BCUT2D eigenvalue weighted by atomic mass is 19.3. The average Bonchev–Trinajstić information content (AvgIpc) is 3.36. The Morgan fingerprint density at radius 3 is 2.84 bits per heavy atom. The largest absolute Gasteiger partial charge is 0.373 e. The zero-order valence-corrected chi connectivity index (χ0v) is 17.1. The van der Waals surface area contributed by atoms with Crippen LogP contribution in [0, 0.1) is 11.8 Å². The summed E-state index contributed by atoms with van der Waals surface area (Å²) in [6, 6.07) is 0. The molecule has 3 aliphatic heterocycles. The Balaban J connectivity index is 1.33. The molecule has 1 aliphatic carbocycles. The van der Waals surface area contributed by atoms with Crippen molar-refractivity contribution in [3.05, 3.63) is 53.2 Å². The van der Waals surface area contributed by atoms with Gasteiger partial charge in [0.25, 0.3) is 11.8 Å². The number of rotatable bonds is 2. The van der Waals surface area contributed by atoms with Crippen LogP contribution >= 0.6 is 0 Å². The van der Waals surface area contributed by atoms with Crippen molar-refractivity contribution in [2.75, 3.05) is 26.2 Å². The molecule has 0 bridgehead atoms. The fraction of sp³-hybridized carbons (Fsp3) is 0.476. The quantitative estimate of drug-likeness (QED) is 0.768. The first kappa shape index (κ1) is 19.9. The molecule has 0 saturated carbocycles. The topological polar surface area (TPSA) is 79.7 Å². The first-order chi connectivity index (χ1) is 14.8. The Morgan fingerprint density at radius 1 is 1.23 bits per heavy atom. The highest BCUT2D eigenvalue weighted by Crippen LogP contribution is 2.32. The SMILES string of the molecule is CC1C=CC=C2NC(C(=O)N3CCn4ncc(C(=O)N5CCOC(F)(F)C5)c4C3)=CC21. The van der Waals surface area contributed by atoms with Gasteiger partial charge in [-0.2, -0.15) is 13.9 Å². The molecule has 1 aromatic heterocycles. The average molecular weight is 431 g/mol. The minimum atomic E-state index is -3.36. The Hall–Kier alpha value is -3.01. The zero-order chi connectivity index (χ0) is 21.8. The smallest absolute Gasteiger partial charge is 0.354 e. The van der Waals surface area contributed by atoms with Crippen molar-refractivity contribution in [2.24, 2.45) is 11.8 Å². The summed E-state index contributed by atoms with van der Waals surface area (Å²) in [5.41, 5.74) is 2.34. The van der Waals surface area contributed by atoms with Crippen molar-refractivity contribution in [1.29, 1.82) is 0 Å². The second-order valence-electron chi connectivity index (χ2n) is 8.26.